The van der Waals surface area contributed by atoms with Crippen LogP contribution in [0, 0.1) is 5.82 Å². The maximum atomic E-state index is 14.0. The number of aromatic nitrogens is 2. The van der Waals surface area contributed by atoms with Gasteiger partial charge in [-0.15, -0.1) is 0 Å². The number of nitrogens with one attached hydrogen (secondary N) is 2. The van der Waals surface area contributed by atoms with Crippen molar-refractivity contribution >= 4 is 44.5 Å². The van der Waals surface area contributed by atoms with Gasteiger partial charge in [0.2, 0.25) is 10.0 Å². The standard InChI is InChI=1S/C39H54FN5O6S.Na/c1-4-52(50,51)45(3)37-32-22-20-26-42-35(32)31(36(44-37)39(49)43-28-29-24-25-30(40)27-33(29)38(48)41-2)21-18-16-14-12-10-8-6-5-7-9-11-13-15-17-19-23-34(46)47;/h5,7,20,22,24-27H,4,6,8-19,21,23,28H2,1-3H3,(H,41,48)(H,43,49)(H,46,47);/q;+1/p-1/b7-5-;. The Bertz CT molecular complexity index is 1790. The Morgan fingerprint density at radius 2 is 1.53 bits per heavy atom. The molecule has 0 atom stereocenters. The summed E-state index contributed by atoms with van der Waals surface area (Å²) < 4.78 is 40.9. The second kappa shape index (κ2) is 24.1. The quantitative estimate of drug-likeness (QED) is 0.0800. The van der Waals surface area contributed by atoms with Crippen LogP contribution in [0.25, 0.3) is 10.9 Å². The monoisotopic (exact) mass is 761 g/mol. The van der Waals surface area contributed by atoms with Crippen LogP contribution < -0.4 is 49.6 Å². The van der Waals surface area contributed by atoms with E-state index in [4.69, 9.17) is 0 Å². The number of carboxylic acid groups (broad SMARTS) is 1. The van der Waals surface area contributed by atoms with Gasteiger partial charge < -0.3 is 20.5 Å². The number of hydrogen-bond acceptors (Lipinski definition) is 8. The number of halogens is 1. The van der Waals surface area contributed by atoms with Gasteiger partial charge in [-0.1, -0.05) is 63.2 Å². The first-order valence-electron chi connectivity index (χ1n) is 18.4. The molecule has 0 saturated heterocycles. The molecule has 2 aromatic heterocycles. The van der Waals surface area contributed by atoms with Gasteiger partial charge in [0.15, 0.2) is 5.82 Å². The summed E-state index contributed by atoms with van der Waals surface area (Å²) in [6, 6.07) is 7.23. The Kier molecular flexibility index (Phi) is 20.8. The van der Waals surface area contributed by atoms with E-state index in [2.05, 4.69) is 32.8 Å². The van der Waals surface area contributed by atoms with Gasteiger partial charge >= 0.3 is 29.6 Å². The van der Waals surface area contributed by atoms with E-state index in [1.54, 1.807) is 18.3 Å². The largest absolute Gasteiger partial charge is 1.00 e. The number of anilines is 1. The summed E-state index contributed by atoms with van der Waals surface area (Å²) >= 11 is 0. The van der Waals surface area contributed by atoms with Crippen molar-refractivity contribution < 1.29 is 61.9 Å². The molecule has 0 bridgehead atoms. The van der Waals surface area contributed by atoms with Crippen LogP contribution in [0.4, 0.5) is 10.2 Å². The van der Waals surface area contributed by atoms with Crippen LogP contribution in [0.3, 0.4) is 0 Å². The number of carbonyl (C=O) groups excluding carboxylic acids is 3. The van der Waals surface area contributed by atoms with Crippen molar-refractivity contribution in [2.24, 2.45) is 0 Å². The van der Waals surface area contributed by atoms with Crippen LogP contribution in [0.1, 0.15) is 129 Å². The summed E-state index contributed by atoms with van der Waals surface area (Å²) in [5.74, 6) is -2.65. The minimum absolute atomic E-state index is 0. The molecule has 0 unspecified atom stereocenters. The van der Waals surface area contributed by atoms with Crippen LogP contribution in [0.15, 0.2) is 48.7 Å². The zero-order valence-electron chi connectivity index (χ0n) is 31.7. The van der Waals surface area contributed by atoms with Gasteiger partial charge in [-0.3, -0.25) is 18.9 Å². The average Bonchev–Trinajstić information content (AvgIpc) is 3.14. The molecule has 0 aliphatic rings. The molecule has 0 aliphatic carbocycles. The Balaban J connectivity index is 0.00000972. The molecule has 0 radical (unpaired) electrons. The molecule has 3 rings (SSSR count). The van der Waals surface area contributed by atoms with Crippen molar-refractivity contribution in [1.82, 2.24) is 20.6 Å². The molecule has 0 spiro atoms. The summed E-state index contributed by atoms with van der Waals surface area (Å²) in [6.07, 6.45) is 19.9. The SMILES string of the molecule is CCS(=O)(=O)N(C)c1nc(C(=O)NCc2ccc(F)cc2C(=O)NC)c(CCCCCCCC/C=C\CCCCCCCC(=O)[O-])c2ncccc12.[Na+]. The molecule has 11 nitrogen and oxygen atoms in total. The van der Waals surface area contributed by atoms with Crippen LogP contribution in [-0.4, -0.2) is 56.0 Å². The zero-order valence-corrected chi connectivity index (χ0v) is 34.5. The number of unbranched alkanes of at least 4 members (excludes halogenated alkanes) is 11. The van der Waals surface area contributed by atoms with E-state index in [1.165, 1.54) is 33.2 Å². The third-order valence-corrected chi connectivity index (χ3v) is 10.8. The van der Waals surface area contributed by atoms with Crippen molar-refractivity contribution in [2.45, 2.75) is 110 Å². The molecule has 14 heteroatoms. The van der Waals surface area contributed by atoms with E-state index in [0.29, 0.717) is 34.9 Å². The number of aryl methyl sites for hydroxylation is 1. The third kappa shape index (κ3) is 14.8. The number of nitrogens with zero attached hydrogens (tertiary/aromatic N) is 3. The molecule has 0 aliphatic heterocycles. The molecule has 0 fully saturated rings. The van der Waals surface area contributed by atoms with Crippen LogP contribution in [0.5, 0.6) is 0 Å². The number of fused-ring (bicyclic) bond motifs is 1. The smallest absolute Gasteiger partial charge is 0.550 e. The number of aliphatic carboxylic acids is 1. The summed E-state index contributed by atoms with van der Waals surface area (Å²) in [5.41, 5.74) is 1.69. The van der Waals surface area contributed by atoms with Gasteiger partial charge in [0, 0.05) is 49.3 Å². The second-order valence-corrected chi connectivity index (χ2v) is 15.2. The third-order valence-electron chi connectivity index (χ3n) is 9.08. The molecule has 0 saturated carbocycles. The number of benzene rings is 1. The van der Waals surface area contributed by atoms with E-state index in [0.717, 1.165) is 87.4 Å². The molecular weight excluding hydrogens is 709 g/mol. The topological polar surface area (TPSA) is 161 Å². The predicted octanol–water partition coefficient (Wildman–Crippen LogP) is 3.16. The fraction of sp³-hybridized carbons (Fsp3) is 0.513. The van der Waals surface area contributed by atoms with Crippen molar-refractivity contribution in [2.75, 3.05) is 24.2 Å². The molecular formula is C39H53FN5NaO6S. The molecule has 284 valence electrons. The maximum Gasteiger partial charge on any atom is 1.00 e. The summed E-state index contributed by atoms with van der Waals surface area (Å²) in [7, 11) is -0.863. The Labute approximate surface area is 336 Å². The number of hydrogen-bond donors (Lipinski definition) is 2. The summed E-state index contributed by atoms with van der Waals surface area (Å²) in [5, 5.41) is 16.3. The van der Waals surface area contributed by atoms with Gasteiger partial charge in [-0.05, 0) is 88.1 Å². The van der Waals surface area contributed by atoms with E-state index >= 15 is 0 Å². The van der Waals surface area contributed by atoms with E-state index in [1.807, 2.05) is 0 Å². The number of amides is 2. The predicted molar refractivity (Wildman–Crippen MR) is 201 cm³/mol. The van der Waals surface area contributed by atoms with Gasteiger partial charge in [-0.25, -0.2) is 17.8 Å². The van der Waals surface area contributed by atoms with Crippen LogP contribution in [-0.2, 0) is 27.8 Å². The number of sulfonamides is 1. The van der Waals surface area contributed by atoms with E-state index in [-0.39, 0.29) is 65.4 Å². The normalized spacial score (nSPS) is 11.4. The van der Waals surface area contributed by atoms with Gasteiger partial charge in [-0.2, -0.15) is 0 Å². The first-order valence-corrected chi connectivity index (χ1v) is 20.0. The molecule has 3 aromatic rings. The van der Waals surface area contributed by atoms with Crippen molar-refractivity contribution in [3.05, 3.63) is 76.9 Å². The van der Waals surface area contributed by atoms with Gasteiger partial charge in [0.25, 0.3) is 11.8 Å². The van der Waals surface area contributed by atoms with Gasteiger partial charge in [0.1, 0.15) is 11.5 Å². The van der Waals surface area contributed by atoms with Crippen molar-refractivity contribution in [1.29, 1.82) is 0 Å². The fourth-order valence-electron chi connectivity index (χ4n) is 6.04. The summed E-state index contributed by atoms with van der Waals surface area (Å²) in [4.78, 5) is 45.9. The molecule has 1 aromatic carbocycles. The fourth-order valence-corrected chi connectivity index (χ4v) is 6.83. The second-order valence-electron chi connectivity index (χ2n) is 12.9. The van der Waals surface area contributed by atoms with Crippen LogP contribution in [0.2, 0.25) is 0 Å². The molecule has 2 amide bonds. The number of rotatable bonds is 24. The first kappa shape index (κ1) is 45.8. The summed E-state index contributed by atoms with van der Waals surface area (Å²) in [6.45, 7) is 1.46. The number of allylic oxidation sites excluding steroid dienone is 2. The van der Waals surface area contributed by atoms with Gasteiger partial charge in [0.05, 0.1) is 11.3 Å². The van der Waals surface area contributed by atoms with Crippen molar-refractivity contribution in [3.63, 3.8) is 0 Å². The van der Waals surface area contributed by atoms with E-state index < -0.39 is 33.6 Å². The molecule has 53 heavy (non-hydrogen) atoms. The maximum absolute atomic E-state index is 14.0. The minimum atomic E-state index is -3.71. The number of pyridine rings is 2. The Morgan fingerprint density at radius 1 is 0.906 bits per heavy atom. The Morgan fingerprint density at radius 3 is 2.15 bits per heavy atom. The minimum Gasteiger partial charge on any atom is -0.550 e. The average molecular weight is 762 g/mol. The number of carbonyl (C=O) groups is 3. The molecule has 2 N–H and O–H groups in total. The Hall–Kier alpha value is -3.39. The number of carboxylic acids is 1. The molecule has 2 heterocycles. The van der Waals surface area contributed by atoms with Crippen molar-refractivity contribution in [3.8, 4) is 0 Å². The zero-order chi connectivity index (χ0) is 37.9. The van der Waals surface area contributed by atoms with E-state index in [9.17, 15) is 32.3 Å². The first-order chi connectivity index (χ1) is 25.0. The van der Waals surface area contributed by atoms with Crippen LogP contribution >= 0.6 is 0 Å².